The second kappa shape index (κ2) is 12.5. The molecule has 0 fully saturated rings. The molecular weight excluding hydrogens is 196 g/mol. The maximum atomic E-state index is 4.20. The van der Waals surface area contributed by atoms with Gasteiger partial charge in [-0.2, -0.15) is 5.10 Å². The zero-order valence-electron chi connectivity index (χ0n) is 11.5. The predicted octanol–water partition coefficient (Wildman–Crippen LogP) is 4.45. The second-order valence-corrected chi connectivity index (χ2v) is 4.76. The van der Waals surface area contributed by atoms with Crippen molar-refractivity contribution in [3.63, 3.8) is 0 Å². The van der Waals surface area contributed by atoms with E-state index < -0.39 is 0 Å². The minimum atomic E-state index is 1.13. The summed E-state index contributed by atoms with van der Waals surface area (Å²) in [5.74, 6) is 0. The lowest BCUT2D eigenvalue weighted by Crippen LogP contribution is -2.01. The fourth-order valence-corrected chi connectivity index (χ4v) is 1.77. The van der Waals surface area contributed by atoms with Crippen molar-refractivity contribution in [3.05, 3.63) is 0 Å². The van der Waals surface area contributed by atoms with E-state index in [2.05, 4.69) is 12.0 Å². The van der Waals surface area contributed by atoms with Crippen molar-refractivity contribution in [3.8, 4) is 0 Å². The zero-order valence-corrected chi connectivity index (χ0v) is 11.5. The van der Waals surface area contributed by atoms with E-state index in [4.69, 9.17) is 0 Å². The van der Waals surface area contributed by atoms with Crippen molar-refractivity contribution in [1.82, 2.24) is 5.01 Å². The minimum absolute atomic E-state index is 1.13. The summed E-state index contributed by atoms with van der Waals surface area (Å²) in [5.41, 5.74) is 0. The van der Waals surface area contributed by atoms with Crippen molar-refractivity contribution in [2.75, 3.05) is 14.1 Å². The van der Waals surface area contributed by atoms with Crippen LogP contribution in [0.4, 0.5) is 0 Å². The van der Waals surface area contributed by atoms with Gasteiger partial charge in [0.1, 0.15) is 0 Å². The van der Waals surface area contributed by atoms with E-state index in [1.807, 2.05) is 25.3 Å². The Labute approximate surface area is 102 Å². The van der Waals surface area contributed by atoms with Gasteiger partial charge in [-0.05, 0) is 12.8 Å². The van der Waals surface area contributed by atoms with Gasteiger partial charge < -0.3 is 5.01 Å². The maximum absolute atomic E-state index is 4.20. The number of hydrogen-bond donors (Lipinski definition) is 0. The molecular formula is C14H30N2. The number of hydrogen-bond acceptors (Lipinski definition) is 2. The molecule has 0 aromatic heterocycles. The van der Waals surface area contributed by atoms with Crippen LogP contribution in [0, 0.1) is 0 Å². The van der Waals surface area contributed by atoms with E-state index in [9.17, 15) is 0 Å². The first-order chi connectivity index (χ1) is 7.77. The topological polar surface area (TPSA) is 15.6 Å². The van der Waals surface area contributed by atoms with Crippen LogP contribution in [0.25, 0.3) is 0 Å². The van der Waals surface area contributed by atoms with Crippen LogP contribution in [0.3, 0.4) is 0 Å². The molecule has 0 rings (SSSR count). The summed E-state index contributed by atoms with van der Waals surface area (Å²) in [6.07, 6.45) is 15.7. The summed E-state index contributed by atoms with van der Waals surface area (Å²) in [4.78, 5) is 0. The molecule has 0 aliphatic carbocycles. The van der Waals surface area contributed by atoms with Gasteiger partial charge in [-0.3, -0.25) is 0 Å². The summed E-state index contributed by atoms with van der Waals surface area (Å²) in [6.45, 7) is 2.27. The van der Waals surface area contributed by atoms with Crippen LogP contribution in [-0.2, 0) is 0 Å². The second-order valence-electron chi connectivity index (χ2n) is 4.76. The highest BCUT2D eigenvalue weighted by Gasteiger charge is 1.91. The summed E-state index contributed by atoms with van der Waals surface area (Å²) in [7, 11) is 3.93. The van der Waals surface area contributed by atoms with Gasteiger partial charge in [-0.15, -0.1) is 0 Å². The molecule has 2 nitrogen and oxygen atoms in total. The van der Waals surface area contributed by atoms with Crippen LogP contribution >= 0.6 is 0 Å². The number of rotatable bonds is 11. The highest BCUT2D eigenvalue weighted by molar-refractivity contribution is 5.56. The van der Waals surface area contributed by atoms with Gasteiger partial charge >= 0.3 is 0 Å². The fraction of sp³-hybridized carbons (Fsp3) is 0.929. The van der Waals surface area contributed by atoms with E-state index in [0.29, 0.717) is 0 Å². The van der Waals surface area contributed by atoms with Crippen LogP contribution in [0.2, 0.25) is 0 Å². The van der Waals surface area contributed by atoms with Crippen LogP contribution < -0.4 is 0 Å². The zero-order chi connectivity index (χ0) is 12.1. The van der Waals surface area contributed by atoms with Crippen molar-refractivity contribution in [2.24, 2.45) is 5.10 Å². The SMILES string of the molecule is CCCCCCCCCCC/C=N\N(C)C. The molecule has 2 heteroatoms. The monoisotopic (exact) mass is 226 g/mol. The molecule has 0 unspecified atom stereocenters. The lowest BCUT2D eigenvalue weighted by molar-refractivity contribution is 0.438. The standard InChI is InChI=1S/C14H30N2/c1-4-5-6-7-8-9-10-11-12-13-14-15-16(2)3/h14H,4-13H2,1-3H3/b15-14-. The smallest absolute Gasteiger partial charge is 0.0244 e. The average molecular weight is 226 g/mol. The molecule has 0 bridgehead atoms. The van der Waals surface area contributed by atoms with E-state index in [1.165, 1.54) is 57.8 Å². The highest BCUT2D eigenvalue weighted by Crippen LogP contribution is 2.09. The Morgan fingerprint density at radius 2 is 1.31 bits per heavy atom. The van der Waals surface area contributed by atoms with Crippen molar-refractivity contribution < 1.29 is 0 Å². The van der Waals surface area contributed by atoms with E-state index in [1.54, 1.807) is 0 Å². The minimum Gasteiger partial charge on any atom is -0.303 e. The first-order valence-corrected chi connectivity index (χ1v) is 6.97. The molecule has 0 saturated heterocycles. The Balaban J connectivity index is 2.99. The number of hydrazone groups is 1. The van der Waals surface area contributed by atoms with Crippen molar-refractivity contribution in [2.45, 2.75) is 71.1 Å². The molecule has 0 aromatic rings. The third kappa shape index (κ3) is 13.5. The van der Waals surface area contributed by atoms with Crippen LogP contribution in [0.5, 0.6) is 0 Å². The van der Waals surface area contributed by atoms with Gasteiger partial charge in [-0.25, -0.2) is 0 Å². The Kier molecular flexibility index (Phi) is 12.1. The highest BCUT2D eigenvalue weighted by atomic mass is 15.4. The van der Waals surface area contributed by atoms with Gasteiger partial charge in [0.25, 0.3) is 0 Å². The van der Waals surface area contributed by atoms with E-state index >= 15 is 0 Å². The summed E-state index contributed by atoms with van der Waals surface area (Å²) in [6, 6.07) is 0. The van der Waals surface area contributed by atoms with Crippen LogP contribution in [0.1, 0.15) is 71.1 Å². The molecule has 0 amide bonds. The molecule has 16 heavy (non-hydrogen) atoms. The quantitative estimate of drug-likeness (QED) is 0.288. The first kappa shape index (κ1) is 15.5. The van der Waals surface area contributed by atoms with Gasteiger partial charge in [0.2, 0.25) is 0 Å². The van der Waals surface area contributed by atoms with E-state index in [0.717, 1.165) is 6.42 Å². The molecule has 0 atom stereocenters. The molecule has 0 spiro atoms. The first-order valence-electron chi connectivity index (χ1n) is 6.97. The number of unbranched alkanes of at least 4 members (excludes halogenated alkanes) is 9. The molecule has 0 aromatic carbocycles. The fourth-order valence-electron chi connectivity index (χ4n) is 1.77. The third-order valence-electron chi connectivity index (χ3n) is 2.75. The van der Waals surface area contributed by atoms with Gasteiger partial charge in [0.15, 0.2) is 0 Å². The lowest BCUT2D eigenvalue weighted by atomic mass is 10.1. The molecule has 96 valence electrons. The molecule has 0 aliphatic rings. The van der Waals surface area contributed by atoms with Crippen molar-refractivity contribution in [1.29, 1.82) is 0 Å². The molecule has 0 radical (unpaired) electrons. The summed E-state index contributed by atoms with van der Waals surface area (Å²) >= 11 is 0. The van der Waals surface area contributed by atoms with Gasteiger partial charge in [0, 0.05) is 20.3 Å². The number of nitrogens with zero attached hydrogens (tertiary/aromatic N) is 2. The summed E-state index contributed by atoms with van der Waals surface area (Å²) in [5, 5.41) is 6.06. The van der Waals surface area contributed by atoms with Crippen LogP contribution in [-0.4, -0.2) is 25.3 Å². The Morgan fingerprint density at radius 3 is 1.81 bits per heavy atom. The Bertz CT molecular complexity index is 153. The van der Waals surface area contributed by atoms with Gasteiger partial charge in [-0.1, -0.05) is 58.3 Å². The molecule has 0 N–H and O–H groups in total. The van der Waals surface area contributed by atoms with E-state index in [-0.39, 0.29) is 0 Å². The molecule has 0 aliphatic heterocycles. The maximum Gasteiger partial charge on any atom is 0.0244 e. The Hall–Kier alpha value is -0.530. The summed E-state index contributed by atoms with van der Waals surface area (Å²) < 4.78 is 0. The van der Waals surface area contributed by atoms with Crippen molar-refractivity contribution >= 4 is 6.21 Å². The predicted molar refractivity (Wildman–Crippen MR) is 74.0 cm³/mol. The molecule has 0 saturated carbocycles. The van der Waals surface area contributed by atoms with Crippen LogP contribution in [0.15, 0.2) is 5.10 Å². The van der Waals surface area contributed by atoms with Gasteiger partial charge in [0.05, 0.1) is 0 Å². The largest absolute Gasteiger partial charge is 0.303 e. The molecule has 0 heterocycles. The lowest BCUT2D eigenvalue weighted by Gasteiger charge is -2.02. The average Bonchev–Trinajstić information content (AvgIpc) is 2.25. The third-order valence-corrected chi connectivity index (χ3v) is 2.75. The Morgan fingerprint density at radius 1 is 0.812 bits per heavy atom. The normalized spacial score (nSPS) is 11.2.